The molecule has 6 nitrogen and oxygen atoms in total. The van der Waals surface area contributed by atoms with Gasteiger partial charge in [0.15, 0.2) is 0 Å². The van der Waals surface area contributed by atoms with Gasteiger partial charge in [-0.15, -0.1) is 0 Å². The summed E-state index contributed by atoms with van der Waals surface area (Å²) in [5, 5.41) is 2.89. The number of pyridine rings is 1. The predicted molar refractivity (Wildman–Crippen MR) is 106 cm³/mol. The Bertz CT molecular complexity index is 740. The van der Waals surface area contributed by atoms with Crippen LogP contribution in [-0.2, 0) is 0 Å². The Kier molecular flexibility index (Phi) is 6.24. The van der Waals surface area contributed by atoms with Gasteiger partial charge in [-0.05, 0) is 50.5 Å². The Balaban J connectivity index is 1.52. The van der Waals surface area contributed by atoms with Gasteiger partial charge in [0.1, 0.15) is 11.6 Å². The van der Waals surface area contributed by atoms with Crippen LogP contribution in [0, 0.1) is 5.82 Å². The number of anilines is 2. The monoisotopic (exact) mass is 371 g/mol. The predicted octanol–water partition coefficient (Wildman–Crippen LogP) is 1.84. The Morgan fingerprint density at radius 1 is 1.07 bits per heavy atom. The fraction of sp³-hybridized carbons (Fsp3) is 0.400. The minimum absolute atomic E-state index is 0.1000. The first kappa shape index (κ1) is 19.1. The van der Waals surface area contributed by atoms with Crippen LogP contribution in [-0.4, -0.2) is 69.2 Å². The summed E-state index contributed by atoms with van der Waals surface area (Å²) in [6, 6.07) is 10.3. The molecule has 3 rings (SSSR count). The van der Waals surface area contributed by atoms with Gasteiger partial charge in [-0.1, -0.05) is 0 Å². The maximum Gasteiger partial charge on any atom is 0.252 e. The summed E-state index contributed by atoms with van der Waals surface area (Å²) >= 11 is 0. The van der Waals surface area contributed by atoms with Crippen molar-refractivity contribution in [2.45, 2.75) is 0 Å². The maximum absolute atomic E-state index is 13.1. The van der Waals surface area contributed by atoms with Crippen LogP contribution in [0.15, 0.2) is 42.6 Å². The smallest absolute Gasteiger partial charge is 0.252 e. The lowest BCUT2D eigenvalue weighted by Crippen LogP contribution is -2.46. The van der Waals surface area contributed by atoms with E-state index in [4.69, 9.17) is 0 Å². The molecule has 2 aromatic rings. The van der Waals surface area contributed by atoms with Crippen molar-refractivity contribution in [3.05, 3.63) is 54.0 Å². The van der Waals surface area contributed by atoms with E-state index in [2.05, 4.69) is 20.1 Å². The van der Waals surface area contributed by atoms with Gasteiger partial charge >= 0.3 is 0 Å². The van der Waals surface area contributed by atoms with E-state index >= 15 is 0 Å². The summed E-state index contributed by atoms with van der Waals surface area (Å²) in [6.45, 7) is 4.77. The van der Waals surface area contributed by atoms with Crippen LogP contribution < -0.4 is 15.1 Å². The third-order valence-corrected chi connectivity index (χ3v) is 4.65. The van der Waals surface area contributed by atoms with Gasteiger partial charge in [0.05, 0.1) is 5.56 Å². The fourth-order valence-electron chi connectivity index (χ4n) is 3.05. The molecule has 1 aliphatic heterocycles. The van der Waals surface area contributed by atoms with Gasteiger partial charge < -0.3 is 20.0 Å². The number of amides is 1. The van der Waals surface area contributed by atoms with Crippen LogP contribution in [0.5, 0.6) is 0 Å². The zero-order valence-corrected chi connectivity index (χ0v) is 15.9. The molecule has 0 atom stereocenters. The highest BCUT2D eigenvalue weighted by Gasteiger charge is 2.18. The third-order valence-electron chi connectivity index (χ3n) is 4.65. The van der Waals surface area contributed by atoms with Crippen LogP contribution >= 0.6 is 0 Å². The minimum Gasteiger partial charge on any atom is -0.368 e. The van der Waals surface area contributed by atoms with E-state index in [1.54, 1.807) is 6.20 Å². The molecule has 1 saturated heterocycles. The quantitative estimate of drug-likeness (QED) is 0.840. The normalized spacial score (nSPS) is 14.5. The molecule has 0 unspecified atom stereocenters. The number of halogens is 1. The van der Waals surface area contributed by atoms with E-state index in [1.165, 1.54) is 12.1 Å². The maximum atomic E-state index is 13.1. The molecule has 1 aliphatic rings. The molecule has 0 radical (unpaired) electrons. The highest BCUT2D eigenvalue weighted by molar-refractivity contribution is 5.94. The molecule has 0 bridgehead atoms. The molecule has 0 aliphatic carbocycles. The van der Waals surface area contributed by atoms with Crippen molar-refractivity contribution < 1.29 is 9.18 Å². The van der Waals surface area contributed by atoms with Crippen molar-refractivity contribution in [3.8, 4) is 0 Å². The van der Waals surface area contributed by atoms with Gasteiger partial charge in [-0.3, -0.25) is 4.79 Å². The van der Waals surface area contributed by atoms with E-state index in [1.807, 2.05) is 43.3 Å². The largest absolute Gasteiger partial charge is 0.368 e. The molecular formula is C20H26FN5O. The molecule has 144 valence electrons. The second-order valence-corrected chi connectivity index (χ2v) is 6.91. The highest BCUT2D eigenvalue weighted by Crippen LogP contribution is 2.19. The molecule has 0 spiro atoms. The van der Waals surface area contributed by atoms with Gasteiger partial charge in [0, 0.05) is 51.2 Å². The van der Waals surface area contributed by atoms with Crippen molar-refractivity contribution in [1.82, 2.24) is 15.2 Å². The Hall–Kier alpha value is -2.67. The van der Waals surface area contributed by atoms with E-state index in [9.17, 15) is 9.18 Å². The molecule has 7 heteroatoms. The van der Waals surface area contributed by atoms with Crippen LogP contribution in [0.4, 0.5) is 15.9 Å². The topological polar surface area (TPSA) is 51.7 Å². The molecular weight excluding hydrogens is 345 g/mol. The lowest BCUT2D eigenvalue weighted by atomic mass is 10.2. The van der Waals surface area contributed by atoms with Crippen LogP contribution in [0.3, 0.4) is 0 Å². The molecule has 2 heterocycles. The average molecular weight is 371 g/mol. The van der Waals surface area contributed by atoms with E-state index < -0.39 is 0 Å². The number of benzene rings is 1. The fourth-order valence-corrected chi connectivity index (χ4v) is 3.05. The zero-order chi connectivity index (χ0) is 19.2. The molecule has 1 amide bonds. The summed E-state index contributed by atoms with van der Waals surface area (Å²) in [4.78, 5) is 23.0. The van der Waals surface area contributed by atoms with Crippen molar-refractivity contribution >= 4 is 17.4 Å². The summed E-state index contributed by atoms with van der Waals surface area (Å²) in [7, 11) is 3.94. The van der Waals surface area contributed by atoms with Crippen LogP contribution in [0.25, 0.3) is 0 Å². The van der Waals surface area contributed by atoms with Crippen molar-refractivity contribution in [3.63, 3.8) is 0 Å². The molecule has 1 fully saturated rings. The Labute approximate surface area is 159 Å². The molecule has 1 aromatic heterocycles. The molecule has 27 heavy (non-hydrogen) atoms. The van der Waals surface area contributed by atoms with Crippen LogP contribution in [0.1, 0.15) is 10.4 Å². The van der Waals surface area contributed by atoms with Crippen LogP contribution in [0.2, 0.25) is 0 Å². The summed E-state index contributed by atoms with van der Waals surface area (Å²) in [5.74, 6) is 0.558. The SMILES string of the molecule is CN(C)CCNC(=O)c1ccc(N2CCN(c3ccc(F)cc3)CC2)nc1. The number of hydrogen-bond donors (Lipinski definition) is 1. The number of rotatable bonds is 6. The number of likely N-dealkylation sites (N-methyl/N-ethyl adjacent to an activating group) is 1. The number of carbonyl (C=O) groups excluding carboxylic acids is 1. The van der Waals surface area contributed by atoms with Gasteiger partial charge in [-0.25, -0.2) is 9.37 Å². The first-order valence-electron chi connectivity index (χ1n) is 9.17. The minimum atomic E-state index is -0.215. The van der Waals surface area contributed by atoms with E-state index in [0.29, 0.717) is 12.1 Å². The lowest BCUT2D eigenvalue weighted by molar-refractivity contribution is 0.0950. The second-order valence-electron chi connectivity index (χ2n) is 6.91. The molecule has 0 saturated carbocycles. The highest BCUT2D eigenvalue weighted by atomic mass is 19.1. The van der Waals surface area contributed by atoms with E-state index in [0.717, 1.165) is 44.2 Å². The van der Waals surface area contributed by atoms with Crippen molar-refractivity contribution in [2.75, 3.05) is 63.2 Å². The van der Waals surface area contributed by atoms with Crippen molar-refractivity contribution in [1.29, 1.82) is 0 Å². The summed E-state index contributed by atoms with van der Waals surface area (Å²) in [5.41, 5.74) is 1.61. The first-order valence-corrected chi connectivity index (χ1v) is 9.17. The third kappa shape index (κ3) is 5.17. The lowest BCUT2D eigenvalue weighted by Gasteiger charge is -2.36. The second kappa shape index (κ2) is 8.81. The number of nitrogens with one attached hydrogen (secondary N) is 1. The zero-order valence-electron chi connectivity index (χ0n) is 15.9. The average Bonchev–Trinajstić information content (AvgIpc) is 2.68. The van der Waals surface area contributed by atoms with E-state index in [-0.39, 0.29) is 11.7 Å². The van der Waals surface area contributed by atoms with Gasteiger partial charge in [0.2, 0.25) is 0 Å². The standard InChI is InChI=1S/C20H26FN5O/c1-24(2)10-9-22-20(27)16-3-8-19(23-15-16)26-13-11-25(12-14-26)18-6-4-17(21)5-7-18/h3-8,15H,9-14H2,1-2H3,(H,22,27). The number of nitrogens with zero attached hydrogens (tertiary/aromatic N) is 4. The van der Waals surface area contributed by atoms with Crippen molar-refractivity contribution in [2.24, 2.45) is 0 Å². The Morgan fingerprint density at radius 3 is 2.33 bits per heavy atom. The Morgan fingerprint density at radius 2 is 1.74 bits per heavy atom. The number of hydrogen-bond acceptors (Lipinski definition) is 5. The number of piperazine rings is 1. The number of carbonyl (C=O) groups is 1. The molecule has 1 N–H and O–H groups in total. The number of aromatic nitrogens is 1. The van der Waals surface area contributed by atoms with Gasteiger partial charge in [-0.2, -0.15) is 0 Å². The summed E-state index contributed by atoms with van der Waals surface area (Å²) < 4.78 is 13.1. The summed E-state index contributed by atoms with van der Waals surface area (Å²) in [6.07, 6.45) is 1.63. The molecule has 1 aromatic carbocycles. The first-order chi connectivity index (χ1) is 13.0. The van der Waals surface area contributed by atoms with Gasteiger partial charge in [0.25, 0.3) is 5.91 Å².